The Hall–Kier alpha value is -1.91. The second-order valence-electron chi connectivity index (χ2n) is 5.13. The van der Waals surface area contributed by atoms with Gasteiger partial charge in [0.15, 0.2) is 0 Å². The van der Waals surface area contributed by atoms with Gasteiger partial charge >= 0.3 is 5.97 Å². The summed E-state index contributed by atoms with van der Waals surface area (Å²) < 4.78 is 0. The van der Waals surface area contributed by atoms with Crippen LogP contribution in [0.2, 0.25) is 0 Å². The summed E-state index contributed by atoms with van der Waals surface area (Å²) in [5.41, 5.74) is 1.80. The molecule has 1 aromatic heterocycles. The molecule has 1 fully saturated rings. The molecule has 19 heavy (non-hydrogen) atoms. The van der Waals surface area contributed by atoms with Crippen molar-refractivity contribution >= 4 is 11.9 Å². The molecule has 0 spiro atoms. The summed E-state index contributed by atoms with van der Waals surface area (Å²) in [6, 6.07) is 3.78. The third-order valence-corrected chi connectivity index (χ3v) is 3.80. The second-order valence-corrected chi connectivity index (χ2v) is 5.13. The third-order valence-electron chi connectivity index (χ3n) is 3.80. The van der Waals surface area contributed by atoms with Gasteiger partial charge in [-0.05, 0) is 18.6 Å². The van der Waals surface area contributed by atoms with E-state index < -0.39 is 5.97 Å². The predicted octanol–water partition coefficient (Wildman–Crippen LogP) is 1.11. The number of pyridine rings is 1. The van der Waals surface area contributed by atoms with Crippen LogP contribution in [-0.4, -0.2) is 40.0 Å². The van der Waals surface area contributed by atoms with Crippen LogP contribution in [0.15, 0.2) is 18.3 Å². The number of hydrogen-bond donors (Lipinski definition) is 1. The average molecular weight is 262 g/mol. The minimum Gasteiger partial charge on any atom is -0.481 e. The highest BCUT2D eigenvalue weighted by Gasteiger charge is 2.37. The van der Waals surface area contributed by atoms with Crippen LogP contribution in [0.5, 0.6) is 0 Å². The highest BCUT2D eigenvalue weighted by Crippen LogP contribution is 2.24. The van der Waals surface area contributed by atoms with Crippen LogP contribution in [-0.2, 0) is 16.0 Å². The van der Waals surface area contributed by atoms with Gasteiger partial charge in [0.25, 0.3) is 0 Å². The minimum absolute atomic E-state index is 0.0237. The van der Waals surface area contributed by atoms with Crippen LogP contribution in [0.3, 0.4) is 0 Å². The van der Waals surface area contributed by atoms with E-state index in [1.807, 2.05) is 19.1 Å². The number of likely N-dealkylation sites (tertiary alicyclic amines) is 1. The quantitative estimate of drug-likeness (QED) is 0.882. The van der Waals surface area contributed by atoms with Crippen molar-refractivity contribution in [1.29, 1.82) is 0 Å². The number of amides is 1. The molecule has 1 aromatic rings. The van der Waals surface area contributed by atoms with Crippen LogP contribution in [0.25, 0.3) is 0 Å². The monoisotopic (exact) mass is 262 g/mol. The molecule has 1 aliphatic heterocycles. The molecule has 102 valence electrons. The number of aliphatic carboxylic acids is 1. The molecule has 2 heterocycles. The second kappa shape index (κ2) is 5.38. The third kappa shape index (κ3) is 2.92. The van der Waals surface area contributed by atoms with Crippen LogP contribution in [0.4, 0.5) is 0 Å². The lowest BCUT2D eigenvalue weighted by Crippen LogP contribution is -2.54. The Bertz CT molecular complexity index is 495. The summed E-state index contributed by atoms with van der Waals surface area (Å²) in [5, 5.41) is 8.90. The maximum Gasteiger partial charge on any atom is 0.306 e. The first-order chi connectivity index (χ1) is 8.99. The molecule has 1 amide bonds. The maximum atomic E-state index is 12.0. The van der Waals surface area contributed by atoms with Gasteiger partial charge in [0.05, 0.1) is 18.0 Å². The van der Waals surface area contributed by atoms with Crippen molar-refractivity contribution in [2.24, 2.45) is 11.8 Å². The van der Waals surface area contributed by atoms with Crippen molar-refractivity contribution in [1.82, 2.24) is 9.88 Å². The van der Waals surface area contributed by atoms with E-state index in [4.69, 9.17) is 5.11 Å². The minimum atomic E-state index is -0.794. The fourth-order valence-electron chi connectivity index (χ4n) is 2.19. The van der Waals surface area contributed by atoms with Gasteiger partial charge in [-0.3, -0.25) is 14.6 Å². The fourth-order valence-corrected chi connectivity index (χ4v) is 2.19. The molecule has 0 bridgehead atoms. The van der Waals surface area contributed by atoms with Crippen LogP contribution in [0.1, 0.15) is 18.2 Å². The van der Waals surface area contributed by atoms with E-state index in [0.717, 1.165) is 11.3 Å². The van der Waals surface area contributed by atoms with Crippen LogP contribution < -0.4 is 0 Å². The van der Waals surface area contributed by atoms with Gasteiger partial charge in [0.1, 0.15) is 0 Å². The molecule has 1 aliphatic rings. The van der Waals surface area contributed by atoms with Crippen LogP contribution >= 0.6 is 0 Å². The smallest absolute Gasteiger partial charge is 0.306 e. The molecule has 1 N–H and O–H groups in total. The Morgan fingerprint density at radius 1 is 1.53 bits per heavy atom. The molecular formula is C14H18N2O3. The van der Waals surface area contributed by atoms with Crippen molar-refractivity contribution in [2.75, 3.05) is 13.1 Å². The normalized spacial score (nSPS) is 16.8. The van der Waals surface area contributed by atoms with Crippen LogP contribution in [0, 0.1) is 18.8 Å². The van der Waals surface area contributed by atoms with Crippen molar-refractivity contribution in [3.8, 4) is 0 Å². The summed E-state index contributed by atoms with van der Waals surface area (Å²) in [6.45, 7) is 4.70. The number of carbonyl (C=O) groups is 2. The first-order valence-electron chi connectivity index (χ1n) is 6.40. The zero-order chi connectivity index (χ0) is 14.0. The molecule has 5 heteroatoms. The largest absolute Gasteiger partial charge is 0.481 e. The molecule has 0 aromatic carbocycles. The van der Waals surface area contributed by atoms with Crippen molar-refractivity contribution < 1.29 is 14.7 Å². The zero-order valence-electron chi connectivity index (χ0n) is 11.2. The summed E-state index contributed by atoms with van der Waals surface area (Å²) in [6.07, 6.45) is 1.97. The number of nitrogens with zero attached hydrogens (tertiary/aromatic N) is 2. The van der Waals surface area contributed by atoms with E-state index in [2.05, 4.69) is 4.98 Å². The molecule has 2 rings (SSSR count). The first kappa shape index (κ1) is 13.5. The van der Waals surface area contributed by atoms with Crippen molar-refractivity contribution in [3.63, 3.8) is 0 Å². The van der Waals surface area contributed by atoms with E-state index in [0.29, 0.717) is 19.5 Å². The summed E-state index contributed by atoms with van der Waals surface area (Å²) in [4.78, 5) is 28.8. The highest BCUT2D eigenvalue weighted by molar-refractivity contribution is 5.80. The fraction of sp³-hybridized carbons (Fsp3) is 0.500. The summed E-state index contributed by atoms with van der Waals surface area (Å²) >= 11 is 0. The van der Waals surface area contributed by atoms with Gasteiger partial charge in [-0.2, -0.15) is 0 Å². The first-order valence-corrected chi connectivity index (χ1v) is 6.40. The van der Waals surface area contributed by atoms with E-state index in [1.54, 1.807) is 18.0 Å². The van der Waals surface area contributed by atoms with Gasteiger partial charge < -0.3 is 10.0 Å². The lowest BCUT2D eigenvalue weighted by atomic mass is 9.87. The Morgan fingerprint density at radius 3 is 2.79 bits per heavy atom. The topological polar surface area (TPSA) is 70.5 Å². The Kier molecular flexibility index (Phi) is 3.83. The van der Waals surface area contributed by atoms with E-state index in [1.165, 1.54) is 0 Å². The number of hydrogen-bond acceptors (Lipinski definition) is 3. The Balaban J connectivity index is 1.87. The van der Waals surface area contributed by atoms with Gasteiger partial charge in [0.2, 0.25) is 5.91 Å². The lowest BCUT2D eigenvalue weighted by Gasteiger charge is -2.41. The van der Waals surface area contributed by atoms with Crippen molar-refractivity contribution in [3.05, 3.63) is 29.6 Å². The maximum absolute atomic E-state index is 12.0. The van der Waals surface area contributed by atoms with Gasteiger partial charge in [-0.25, -0.2) is 0 Å². The molecule has 1 unspecified atom stereocenters. The molecule has 1 atom stereocenters. The molecule has 0 aliphatic carbocycles. The molecular weight excluding hydrogens is 244 g/mol. The number of carbonyl (C=O) groups excluding carboxylic acids is 1. The van der Waals surface area contributed by atoms with Gasteiger partial charge in [-0.15, -0.1) is 0 Å². The van der Waals surface area contributed by atoms with Gasteiger partial charge in [0, 0.05) is 25.2 Å². The predicted molar refractivity (Wildman–Crippen MR) is 69.5 cm³/mol. The van der Waals surface area contributed by atoms with E-state index in [-0.39, 0.29) is 17.7 Å². The Morgan fingerprint density at radius 2 is 2.21 bits per heavy atom. The Labute approximate surface area is 112 Å². The molecule has 5 nitrogen and oxygen atoms in total. The summed E-state index contributed by atoms with van der Waals surface area (Å²) in [7, 11) is 0. The molecule has 0 saturated carbocycles. The molecule has 1 saturated heterocycles. The van der Waals surface area contributed by atoms with E-state index in [9.17, 15) is 9.59 Å². The van der Waals surface area contributed by atoms with Crippen molar-refractivity contribution in [2.45, 2.75) is 20.3 Å². The number of carboxylic acid groups (broad SMARTS) is 1. The summed E-state index contributed by atoms with van der Waals surface area (Å²) in [5.74, 6) is -1.08. The highest BCUT2D eigenvalue weighted by atomic mass is 16.4. The van der Waals surface area contributed by atoms with E-state index >= 15 is 0 Å². The zero-order valence-corrected chi connectivity index (χ0v) is 11.2. The standard InChI is InChI=1S/C14H18N2O3/c1-9-4-3-5-15-12(9)6-13(17)16-7-11(8-16)10(2)14(18)19/h3-5,10-11H,6-8H2,1-2H3,(H,18,19). The van der Waals surface area contributed by atoms with Gasteiger partial charge in [-0.1, -0.05) is 13.0 Å². The number of carboxylic acids is 1. The molecule has 0 radical (unpaired) electrons. The number of aryl methyl sites for hydroxylation is 1. The SMILES string of the molecule is Cc1cccnc1CC(=O)N1CC(C(C)C(=O)O)C1. The number of rotatable bonds is 4. The number of aromatic nitrogens is 1. The average Bonchev–Trinajstić information content (AvgIpc) is 2.30. The lowest BCUT2D eigenvalue weighted by molar-refractivity contribution is -0.150.